The molecule has 4 heteroatoms. The first-order chi connectivity index (χ1) is 7.46. The summed E-state index contributed by atoms with van der Waals surface area (Å²) in [6.07, 6.45) is 0.324. The molecule has 2 bridgehead atoms. The molecule has 0 unspecified atom stereocenters. The van der Waals surface area contributed by atoms with Crippen LogP contribution in [0.4, 0.5) is 0 Å². The van der Waals surface area contributed by atoms with Crippen LogP contribution in [-0.2, 0) is 19.1 Å². The van der Waals surface area contributed by atoms with E-state index in [0.29, 0.717) is 6.42 Å². The minimum atomic E-state index is -1.11. The lowest BCUT2D eigenvalue weighted by Gasteiger charge is -2.38. The molecule has 2 rings (SSSR count). The summed E-state index contributed by atoms with van der Waals surface area (Å²) in [6, 6.07) is 0. The normalized spacial score (nSPS) is 37.1. The molecule has 96 valence electrons. The van der Waals surface area contributed by atoms with Gasteiger partial charge in [0.05, 0.1) is 6.42 Å². The summed E-state index contributed by atoms with van der Waals surface area (Å²) in [5, 5.41) is 0. The van der Waals surface area contributed by atoms with Gasteiger partial charge in [0.1, 0.15) is 0 Å². The van der Waals surface area contributed by atoms with Gasteiger partial charge in [0.15, 0.2) is 0 Å². The highest BCUT2D eigenvalue weighted by atomic mass is 16.7. The van der Waals surface area contributed by atoms with Crippen LogP contribution in [0.2, 0.25) is 0 Å². The number of carbonyl (C=O) groups excluding carboxylic acids is 2. The number of rotatable bonds is 0. The predicted octanol–water partition coefficient (Wildman–Crippen LogP) is 2.06. The second-order valence-corrected chi connectivity index (χ2v) is 7.11. The van der Waals surface area contributed by atoms with Crippen LogP contribution >= 0.6 is 0 Å². The van der Waals surface area contributed by atoms with Gasteiger partial charge in [-0.05, 0) is 0 Å². The standard InChI is InChI=1S/C13H20O4/c1-10(2,3)12-7-13(9(15)16-12,11(4,5)6)17-8(12)14/h7H2,1-6H3/t12-,13-/m1/s1. The molecule has 2 aliphatic rings. The molecule has 2 saturated heterocycles. The van der Waals surface area contributed by atoms with E-state index in [9.17, 15) is 9.59 Å². The average Bonchev–Trinajstić information content (AvgIpc) is 2.53. The van der Waals surface area contributed by atoms with E-state index < -0.39 is 34.0 Å². The quantitative estimate of drug-likeness (QED) is 0.608. The molecule has 0 spiro atoms. The number of esters is 2. The lowest BCUT2D eigenvalue weighted by Crippen LogP contribution is -2.53. The topological polar surface area (TPSA) is 52.6 Å². The van der Waals surface area contributed by atoms with E-state index in [4.69, 9.17) is 9.47 Å². The summed E-state index contributed by atoms with van der Waals surface area (Å²) < 4.78 is 10.9. The molecule has 2 atom stereocenters. The van der Waals surface area contributed by atoms with Crippen LogP contribution in [0.25, 0.3) is 0 Å². The second-order valence-electron chi connectivity index (χ2n) is 7.11. The van der Waals surface area contributed by atoms with Gasteiger partial charge in [-0.1, -0.05) is 41.5 Å². The first-order valence-electron chi connectivity index (χ1n) is 5.93. The highest BCUT2D eigenvalue weighted by Crippen LogP contribution is 2.58. The van der Waals surface area contributed by atoms with Crippen molar-refractivity contribution in [2.75, 3.05) is 0 Å². The van der Waals surface area contributed by atoms with Gasteiger partial charge in [0.2, 0.25) is 11.2 Å². The first kappa shape index (κ1) is 12.4. The Hall–Kier alpha value is -1.06. The maximum absolute atomic E-state index is 12.1. The number of ether oxygens (including phenoxy) is 2. The van der Waals surface area contributed by atoms with Crippen molar-refractivity contribution in [2.24, 2.45) is 10.8 Å². The van der Waals surface area contributed by atoms with E-state index in [1.165, 1.54) is 0 Å². The van der Waals surface area contributed by atoms with Crippen LogP contribution in [-0.4, -0.2) is 23.1 Å². The summed E-state index contributed by atoms with van der Waals surface area (Å²) in [4.78, 5) is 24.2. The zero-order valence-electron chi connectivity index (χ0n) is 11.3. The average molecular weight is 240 g/mol. The fraction of sp³-hybridized carbons (Fsp3) is 0.846. The van der Waals surface area contributed by atoms with Crippen molar-refractivity contribution in [3.8, 4) is 0 Å². The molecule has 4 nitrogen and oxygen atoms in total. The maximum Gasteiger partial charge on any atom is 0.352 e. The van der Waals surface area contributed by atoms with Gasteiger partial charge >= 0.3 is 11.9 Å². The third-order valence-corrected chi connectivity index (χ3v) is 4.11. The Morgan fingerprint density at radius 3 is 1.29 bits per heavy atom. The van der Waals surface area contributed by atoms with Crippen molar-refractivity contribution in [2.45, 2.75) is 59.2 Å². The molecule has 2 heterocycles. The molecule has 17 heavy (non-hydrogen) atoms. The third-order valence-electron chi connectivity index (χ3n) is 4.11. The maximum atomic E-state index is 12.1. The van der Waals surface area contributed by atoms with Crippen molar-refractivity contribution in [1.82, 2.24) is 0 Å². The summed E-state index contributed by atoms with van der Waals surface area (Å²) >= 11 is 0. The second kappa shape index (κ2) is 2.85. The Morgan fingerprint density at radius 1 is 0.824 bits per heavy atom. The number of hydrogen-bond acceptors (Lipinski definition) is 4. The molecule has 0 aromatic heterocycles. The van der Waals surface area contributed by atoms with Gasteiger partial charge in [-0.2, -0.15) is 0 Å². The number of fused-ring (bicyclic) bond motifs is 2. The van der Waals surface area contributed by atoms with E-state index in [-0.39, 0.29) is 0 Å². The molecule has 2 fully saturated rings. The van der Waals surface area contributed by atoms with Crippen LogP contribution in [0.3, 0.4) is 0 Å². The molecular weight excluding hydrogens is 220 g/mol. The van der Waals surface area contributed by atoms with Crippen LogP contribution in [0.15, 0.2) is 0 Å². The number of carbonyl (C=O) groups is 2. The molecule has 0 aliphatic carbocycles. The number of hydrogen-bond donors (Lipinski definition) is 0. The van der Waals surface area contributed by atoms with Gasteiger partial charge in [-0.3, -0.25) is 0 Å². The van der Waals surface area contributed by atoms with Gasteiger partial charge in [-0.15, -0.1) is 0 Å². The van der Waals surface area contributed by atoms with Gasteiger partial charge in [0.25, 0.3) is 0 Å². The van der Waals surface area contributed by atoms with Crippen LogP contribution < -0.4 is 0 Å². The largest absolute Gasteiger partial charge is 0.443 e. The third kappa shape index (κ3) is 1.24. The molecule has 2 aliphatic heterocycles. The fourth-order valence-electron chi connectivity index (χ4n) is 2.58. The summed E-state index contributed by atoms with van der Waals surface area (Å²) in [6.45, 7) is 11.4. The SMILES string of the molecule is CC(C)(C)[C@@]12C[C@@](C(C)(C)C)(OC1=O)C(=O)O2. The zero-order chi connectivity index (χ0) is 13.3. The van der Waals surface area contributed by atoms with Crippen molar-refractivity contribution in [3.05, 3.63) is 0 Å². The van der Waals surface area contributed by atoms with Crippen LogP contribution in [0.5, 0.6) is 0 Å². The van der Waals surface area contributed by atoms with Crippen LogP contribution in [0, 0.1) is 10.8 Å². The lowest BCUT2D eigenvalue weighted by molar-refractivity contribution is -0.210. The first-order valence-corrected chi connectivity index (χ1v) is 5.93. The molecule has 0 amide bonds. The lowest BCUT2D eigenvalue weighted by atomic mass is 9.69. The predicted molar refractivity (Wildman–Crippen MR) is 61.2 cm³/mol. The highest BCUT2D eigenvalue weighted by Gasteiger charge is 2.77. The van der Waals surface area contributed by atoms with E-state index >= 15 is 0 Å². The van der Waals surface area contributed by atoms with E-state index in [1.807, 2.05) is 41.5 Å². The minimum Gasteiger partial charge on any atom is -0.443 e. The molecular formula is C13H20O4. The molecule has 0 N–H and O–H groups in total. The Bertz CT molecular complexity index is 361. The van der Waals surface area contributed by atoms with Crippen molar-refractivity contribution in [3.63, 3.8) is 0 Å². The van der Waals surface area contributed by atoms with Crippen LogP contribution in [0.1, 0.15) is 48.0 Å². The summed E-state index contributed by atoms with van der Waals surface area (Å²) in [5.74, 6) is -0.806. The summed E-state index contributed by atoms with van der Waals surface area (Å²) in [5.41, 5.74) is -3.14. The molecule has 0 aromatic rings. The highest BCUT2D eigenvalue weighted by molar-refractivity contribution is 5.99. The molecule has 0 saturated carbocycles. The van der Waals surface area contributed by atoms with E-state index in [1.54, 1.807) is 0 Å². The Kier molecular flexibility index (Phi) is 2.08. The molecule has 0 radical (unpaired) electrons. The smallest absolute Gasteiger partial charge is 0.352 e. The fourth-order valence-corrected chi connectivity index (χ4v) is 2.58. The van der Waals surface area contributed by atoms with E-state index in [0.717, 1.165) is 0 Å². The molecule has 0 aromatic carbocycles. The van der Waals surface area contributed by atoms with Crippen molar-refractivity contribution in [1.29, 1.82) is 0 Å². The van der Waals surface area contributed by atoms with Crippen molar-refractivity contribution >= 4 is 11.9 Å². The Morgan fingerprint density at radius 2 is 1.12 bits per heavy atom. The van der Waals surface area contributed by atoms with Crippen molar-refractivity contribution < 1.29 is 19.1 Å². The van der Waals surface area contributed by atoms with E-state index in [2.05, 4.69) is 0 Å². The monoisotopic (exact) mass is 240 g/mol. The van der Waals surface area contributed by atoms with Gasteiger partial charge in [-0.25, -0.2) is 9.59 Å². The van der Waals surface area contributed by atoms with Gasteiger partial charge in [0, 0.05) is 10.8 Å². The summed E-state index contributed by atoms with van der Waals surface area (Å²) in [7, 11) is 0. The Labute approximate surface area is 102 Å². The zero-order valence-corrected chi connectivity index (χ0v) is 11.3. The minimum absolute atomic E-state index is 0.324. The van der Waals surface area contributed by atoms with Gasteiger partial charge < -0.3 is 9.47 Å². The Balaban J connectivity index is 2.54.